The molecule has 0 fully saturated rings. The number of carbonyl (C=O) groups is 1. The van der Waals surface area contributed by atoms with Crippen molar-refractivity contribution in [2.45, 2.75) is 33.7 Å². The average molecular weight is 296 g/mol. The Bertz CT molecular complexity index is 463. The first kappa shape index (κ1) is 16.9. The molecule has 1 aromatic rings. The van der Waals surface area contributed by atoms with Crippen LogP contribution < -0.4 is 26.8 Å². The first-order valence-corrected chi connectivity index (χ1v) is 7.07. The number of nitrogens with zero attached hydrogens (tertiary/aromatic N) is 4. The van der Waals surface area contributed by atoms with E-state index in [2.05, 4.69) is 31.0 Å². The molecule has 1 unspecified atom stereocenters. The molecule has 1 amide bonds. The summed E-state index contributed by atoms with van der Waals surface area (Å²) < 4.78 is 0. The maximum absolute atomic E-state index is 11.7. The van der Waals surface area contributed by atoms with Crippen LogP contribution >= 0.6 is 0 Å². The molecule has 0 aliphatic rings. The summed E-state index contributed by atoms with van der Waals surface area (Å²) in [6.07, 6.45) is 0. The Morgan fingerprint density at radius 3 is 2.33 bits per heavy atom. The Morgan fingerprint density at radius 1 is 1.19 bits per heavy atom. The first-order chi connectivity index (χ1) is 10.0. The van der Waals surface area contributed by atoms with Crippen molar-refractivity contribution in [1.82, 2.24) is 20.3 Å². The van der Waals surface area contributed by atoms with Gasteiger partial charge in [-0.2, -0.15) is 15.0 Å². The van der Waals surface area contributed by atoms with Gasteiger partial charge in [0.2, 0.25) is 23.8 Å². The number of amides is 1. The van der Waals surface area contributed by atoms with Crippen LogP contribution in [0.25, 0.3) is 0 Å². The SMILES string of the molecule is CCNC(=O)C(C)Nc1nc(NN)nc(N(CC)CC)n1. The van der Waals surface area contributed by atoms with Crippen LogP contribution in [0.2, 0.25) is 0 Å². The van der Waals surface area contributed by atoms with Crippen LogP contribution in [0.4, 0.5) is 17.8 Å². The number of rotatable bonds is 8. The monoisotopic (exact) mass is 296 g/mol. The van der Waals surface area contributed by atoms with E-state index < -0.39 is 6.04 Å². The van der Waals surface area contributed by atoms with Gasteiger partial charge in [-0.05, 0) is 27.7 Å². The minimum absolute atomic E-state index is 0.121. The van der Waals surface area contributed by atoms with Crippen molar-refractivity contribution in [3.63, 3.8) is 0 Å². The second kappa shape index (κ2) is 8.20. The lowest BCUT2D eigenvalue weighted by Gasteiger charge is -2.20. The van der Waals surface area contributed by atoms with E-state index >= 15 is 0 Å². The molecular weight excluding hydrogens is 272 g/mol. The van der Waals surface area contributed by atoms with Gasteiger partial charge < -0.3 is 15.5 Å². The van der Waals surface area contributed by atoms with E-state index in [9.17, 15) is 4.79 Å². The summed E-state index contributed by atoms with van der Waals surface area (Å²) in [7, 11) is 0. The van der Waals surface area contributed by atoms with Gasteiger partial charge in [0.15, 0.2) is 0 Å². The highest BCUT2D eigenvalue weighted by Crippen LogP contribution is 2.13. The zero-order valence-corrected chi connectivity index (χ0v) is 13.0. The molecule has 118 valence electrons. The third kappa shape index (κ3) is 4.71. The number of hydrazine groups is 1. The summed E-state index contributed by atoms with van der Waals surface area (Å²) in [5.74, 6) is 6.32. The molecule has 0 aliphatic carbocycles. The van der Waals surface area contributed by atoms with Crippen LogP contribution in [-0.4, -0.2) is 46.5 Å². The van der Waals surface area contributed by atoms with E-state index in [1.54, 1.807) is 6.92 Å². The quantitative estimate of drug-likeness (QED) is 0.389. The molecule has 1 aromatic heterocycles. The molecule has 0 aromatic carbocycles. The van der Waals surface area contributed by atoms with Crippen LogP contribution in [0.1, 0.15) is 27.7 Å². The number of nitrogens with two attached hydrogens (primary N) is 1. The molecule has 1 rings (SSSR count). The maximum atomic E-state index is 11.7. The molecule has 0 spiro atoms. The molecule has 5 N–H and O–H groups in total. The van der Waals surface area contributed by atoms with Crippen molar-refractivity contribution in [2.75, 3.05) is 35.3 Å². The summed E-state index contributed by atoms with van der Waals surface area (Å²) in [6.45, 7) is 9.71. The zero-order valence-electron chi connectivity index (χ0n) is 13.0. The van der Waals surface area contributed by atoms with Crippen molar-refractivity contribution in [3.8, 4) is 0 Å². The lowest BCUT2D eigenvalue weighted by molar-refractivity contribution is -0.121. The standard InChI is InChI=1S/C12H24N8O/c1-5-14-9(21)8(4)15-10-16-11(19-13)18-12(17-10)20(6-2)7-3/h8H,5-7,13H2,1-4H3,(H,14,21)(H2,15,16,17,18,19). The Hall–Kier alpha value is -2.16. The Morgan fingerprint density at radius 2 is 1.81 bits per heavy atom. The molecule has 9 nitrogen and oxygen atoms in total. The number of likely N-dealkylation sites (N-methyl/N-ethyl adjacent to an activating group) is 1. The van der Waals surface area contributed by atoms with Crippen LogP contribution in [0, 0.1) is 0 Å². The number of aromatic nitrogens is 3. The van der Waals surface area contributed by atoms with Gasteiger partial charge in [0.05, 0.1) is 0 Å². The molecule has 0 saturated heterocycles. The number of nitrogens with one attached hydrogen (secondary N) is 3. The molecule has 0 bridgehead atoms. The molecule has 1 atom stereocenters. The summed E-state index contributed by atoms with van der Waals surface area (Å²) in [4.78, 5) is 26.3. The van der Waals surface area contributed by atoms with E-state index in [1.807, 2.05) is 25.7 Å². The van der Waals surface area contributed by atoms with Crippen molar-refractivity contribution in [1.29, 1.82) is 0 Å². The zero-order chi connectivity index (χ0) is 15.8. The highest BCUT2D eigenvalue weighted by Gasteiger charge is 2.16. The lowest BCUT2D eigenvalue weighted by atomic mass is 10.3. The number of nitrogen functional groups attached to an aromatic ring is 1. The Kier molecular flexibility index (Phi) is 6.60. The predicted molar refractivity (Wildman–Crippen MR) is 83.0 cm³/mol. The second-order valence-electron chi connectivity index (χ2n) is 4.36. The highest BCUT2D eigenvalue weighted by atomic mass is 16.2. The Labute approximate surface area is 124 Å². The number of hydrogen-bond donors (Lipinski definition) is 4. The number of carbonyl (C=O) groups excluding carboxylic acids is 1. The second-order valence-corrected chi connectivity index (χ2v) is 4.36. The van der Waals surface area contributed by atoms with Gasteiger partial charge >= 0.3 is 0 Å². The van der Waals surface area contributed by atoms with Crippen molar-refractivity contribution in [3.05, 3.63) is 0 Å². The van der Waals surface area contributed by atoms with E-state index in [0.717, 1.165) is 13.1 Å². The van der Waals surface area contributed by atoms with Gasteiger partial charge in [0.25, 0.3) is 0 Å². The number of anilines is 3. The molecule has 1 heterocycles. The maximum Gasteiger partial charge on any atom is 0.243 e. The van der Waals surface area contributed by atoms with Crippen LogP contribution in [0.15, 0.2) is 0 Å². The summed E-state index contributed by atoms with van der Waals surface area (Å²) in [6, 6.07) is -0.456. The molecule has 0 radical (unpaired) electrons. The number of hydrogen-bond acceptors (Lipinski definition) is 8. The highest BCUT2D eigenvalue weighted by molar-refractivity contribution is 5.83. The first-order valence-electron chi connectivity index (χ1n) is 7.07. The van der Waals surface area contributed by atoms with Gasteiger partial charge in [0, 0.05) is 19.6 Å². The minimum atomic E-state index is -0.456. The smallest absolute Gasteiger partial charge is 0.243 e. The Balaban J connectivity index is 2.96. The van der Waals surface area contributed by atoms with Crippen molar-refractivity contribution >= 4 is 23.8 Å². The van der Waals surface area contributed by atoms with Crippen LogP contribution in [0.5, 0.6) is 0 Å². The molecule has 21 heavy (non-hydrogen) atoms. The largest absolute Gasteiger partial charge is 0.355 e. The third-order valence-electron chi connectivity index (χ3n) is 2.89. The van der Waals surface area contributed by atoms with E-state index in [0.29, 0.717) is 18.4 Å². The fourth-order valence-corrected chi connectivity index (χ4v) is 1.73. The summed E-state index contributed by atoms with van der Waals surface area (Å²) >= 11 is 0. The lowest BCUT2D eigenvalue weighted by Crippen LogP contribution is -2.38. The van der Waals surface area contributed by atoms with Gasteiger partial charge in [-0.1, -0.05) is 0 Å². The topological polar surface area (TPSA) is 121 Å². The van der Waals surface area contributed by atoms with E-state index in [1.165, 1.54) is 0 Å². The normalized spacial score (nSPS) is 11.7. The van der Waals surface area contributed by atoms with Gasteiger partial charge in [-0.25, -0.2) is 5.84 Å². The van der Waals surface area contributed by atoms with Crippen LogP contribution in [-0.2, 0) is 4.79 Å². The third-order valence-corrected chi connectivity index (χ3v) is 2.89. The molecule has 0 aliphatic heterocycles. The fraction of sp³-hybridized carbons (Fsp3) is 0.667. The predicted octanol–water partition coefficient (Wildman–Crippen LogP) is -0.0601. The molecular formula is C12H24N8O. The van der Waals surface area contributed by atoms with E-state index in [-0.39, 0.29) is 11.9 Å². The van der Waals surface area contributed by atoms with Gasteiger partial charge in [0.1, 0.15) is 6.04 Å². The summed E-state index contributed by atoms with van der Waals surface area (Å²) in [5, 5.41) is 5.68. The summed E-state index contributed by atoms with van der Waals surface area (Å²) in [5.41, 5.74) is 2.41. The fourth-order valence-electron chi connectivity index (χ4n) is 1.73. The van der Waals surface area contributed by atoms with Crippen molar-refractivity contribution < 1.29 is 4.79 Å². The molecule has 9 heteroatoms. The average Bonchev–Trinajstić information content (AvgIpc) is 2.48. The minimum Gasteiger partial charge on any atom is -0.355 e. The van der Waals surface area contributed by atoms with Gasteiger partial charge in [-0.15, -0.1) is 0 Å². The van der Waals surface area contributed by atoms with Crippen molar-refractivity contribution in [2.24, 2.45) is 5.84 Å². The van der Waals surface area contributed by atoms with Gasteiger partial charge in [-0.3, -0.25) is 10.2 Å². The van der Waals surface area contributed by atoms with E-state index in [4.69, 9.17) is 5.84 Å². The van der Waals surface area contributed by atoms with Crippen LogP contribution in [0.3, 0.4) is 0 Å². The molecule has 0 saturated carbocycles.